The summed E-state index contributed by atoms with van der Waals surface area (Å²) in [5, 5.41) is 8.35. The van der Waals surface area contributed by atoms with Gasteiger partial charge in [-0.1, -0.05) is 5.16 Å². The van der Waals surface area contributed by atoms with Crippen LogP contribution in [0.25, 0.3) is 11.5 Å². The maximum atomic E-state index is 12.9. The van der Waals surface area contributed by atoms with Gasteiger partial charge in [0.05, 0.1) is 6.26 Å². The summed E-state index contributed by atoms with van der Waals surface area (Å²) < 4.78 is 13.6. The van der Waals surface area contributed by atoms with Gasteiger partial charge < -0.3 is 13.8 Å². The molecule has 148 valence electrons. The highest BCUT2D eigenvalue weighted by molar-refractivity contribution is 5.93. The van der Waals surface area contributed by atoms with Crippen molar-refractivity contribution in [2.24, 2.45) is 7.05 Å². The lowest BCUT2D eigenvalue weighted by molar-refractivity contribution is 0.0692. The molecule has 0 aromatic carbocycles. The van der Waals surface area contributed by atoms with E-state index in [2.05, 4.69) is 10.3 Å². The minimum atomic E-state index is -0.194. The van der Waals surface area contributed by atoms with Crippen molar-refractivity contribution in [3.8, 4) is 11.5 Å². The van der Waals surface area contributed by atoms with Crippen LogP contribution in [0.1, 0.15) is 55.0 Å². The van der Waals surface area contributed by atoms with E-state index in [4.69, 9.17) is 8.94 Å². The largest absolute Gasteiger partial charge is 0.461 e. The summed E-state index contributed by atoms with van der Waals surface area (Å²) in [6.07, 6.45) is 3.25. The van der Waals surface area contributed by atoms with E-state index < -0.39 is 0 Å². The molecule has 4 rings (SSSR count). The van der Waals surface area contributed by atoms with Gasteiger partial charge in [0.15, 0.2) is 11.5 Å². The van der Waals surface area contributed by atoms with E-state index in [1.54, 1.807) is 34.7 Å². The molecule has 0 radical (unpaired) electrons. The van der Waals surface area contributed by atoms with Gasteiger partial charge >= 0.3 is 5.69 Å². The third-order valence-electron chi connectivity index (χ3n) is 5.07. The van der Waals surface area contributed by atoms with Crippen LogP contribution in [0.3, 0.4) is 0 Å². The van der Waals surface area contributed by atoms with E-state index in [-0.39, 0.29) is 29.3 Å². The van der Waals surface area contributed by atoms with Gasteiger partial charge in [-0.25, -0.2) is 9.48 Å². The smallest absolute Gasteiger partial charge is 0.345 e. The molecule has 1 atom stereocenters. The highest BCUT2D eigenvalue weighted by Crippen LogP contribution is 2.28. The van der Waals surface area contributed by atoms with Crippen LogP contribution in [0.5, 0.6) is 0 Å². The Bertz CT molecular complexity index is 1030. The molecule has 0 aliphatic carbocycles. The fourth-order valence-corrected chi connectivity index (χ4v) is 3.71. The number of carbonyl (C=O) groups is 1. The Morgan fingerprint density at radius 3 is 2.86 bits per heavy atom. The maximum Gasteiger partial charge on any atom is 0.345 e. The van der Waals surface area contributed by atoms with Gasteiger partial charge in [0.2, 0.25) is 5.76 Å². The number of likely N-dealkylation sites (tertiary alicyclic amines) is 1. The Morgan fingerprint density at radius 2 is 2.14 bits per heavy atom. The van der Waals surface area contributed by atoms with Crippen LogP contribution in [-0.4, -0.2) is 43.4 Å². The van der Waals surface area contributed by atoms with E-state index in [9.17, 15) is 9.59 Å². The SMILES string of the molecule is CC(C)n1c(C2CCCN(C(=O)c3cc(-c4ccco4)on3)C2)nn(C)c1=O. The summed E-state index contributed by atoms with van der Waals surface area (Å²) in [6, 6.07) is 5.09. The molecule has 1 aliphatic rings. The van der Waals surface area contributed by atoms with Crippen LogP contribution in [0, 0.1) is 0 Å². The summed E-state index contributed by atoms with van der Waals surface area (Å²) in [5.74, 6) is 1.49. The molecule has 28 heavy (non-hydrogen) atoms. The molecular weight excluding hydrogens is 362 g/mol. The quantitative estimate of drug-likeness (QED) is 0.684. The number of piperidine rings is 1. The Labute approximate surface area is 161 Å². The van der Waals surface area contributed by atoms with Crippen LogP contribution in [-0.2, 0) is 7.05 Å². The van der Waals surface area contributed by atoms with Crippen LogP contribution in [0.4, 0.5) is 0 Å². The van der Waals surface area contributed by atoms with Crippen molar-refractivity contribution in [1.29, 1.82) is 0 Å². The summed E-state index contributed by atoms with van der Waals surface area (Å²) in [4.78, 5) is 27.1. The number of furan rings is 1. The lowest BCUT2D eigenvalue weighted by Gasteiger charge is -2.32. The van der Waals surface area contributed by atoms with Gasteiger partial charge in [0.1, 0.15) is 5.82 Å². The Balaban J connectivity index is 1.55. The molecule has 3 aromatic heterocycles. The monoisotopic (exact) mass is 385 g/mol. The summed E-state index contributed by atoms with van der Waals surface area (Å²) in [5.41, 5.74) is 0.113. The molecule has 0 bridgehead atoms. The highest BCUT2D eigenvalue weighted by atomic mass is 16.5. The second kappa shape index (κ2) is 7.14. The van der Waals surface area contributed by atoms with Crippen molar-refractivity contribution in [2.45, 2.75) is 38.6 Å². The molecule has 9 nitrogen and oxygen atoms in total. The maximum absolute atomic E-state index is 12.9. The predicted molar refractivity (Wildman–Crippen MR) is 99.9 cm³/mol. The Morgan fingerprint density at radius 1 is 1.32 bits per heavy atom. The molecule has 1 saturated heterocycles. The number of rotatable bonds is 4. The minimum absolute atomic E-state index is 0.00504. The second-order valence-electron chi connectivity index (χ2n) is 7.37. The lowest BCUT2D eigenvalue weighted by atomic mass is 9.96. The van der Waals surface area contributed by atoms with Gasteiger partial charge in [0, 0.05) is 38.2 Å². The van der Waals surface area contributed by atoms with Crippen LogP contribution >= 0.6 is 0 Å². The molecule has 1 aliphatic heterocycles. The number of amides is 1. The number of aryl methyl sites for hydroxylation is 1. The first-order valence-corrected chi connectivity index (χ1v) is 9.41. The first kappa shape index (κ1) is 18.3. The number of aromatic nitrogens is 4. The third-order valence-corrected chi connectivity index (χ3v) is 5.07. The van der Waals surface area contributed by atoms with Gasteiger partial charge in [-0.2, -0.15) is 5.10 Å². The number of hydrogen-bond donors (Lipinski definition) is 0. The van der Waals surface area contributed by atoms with Crippen molar-refractivity contribution < 1.29 is 13.7 Å². The number of nitrogens with zero attached hydrogens (tertiary/aromatic N) is 5. The first-order chi connectivity index (χ1) is 13.5. The Hall–Kier alpha value is -3.10. The third kappa shape index (κ3) is 3.17. The first-order valence-electron chi connectivity index (χ1n) is 9.41. The van der Waals surface area contributed by atoms with Crippen LogP contribution < -0.4 is 5.69 Å². The standard InChI is InChI=1S/C19H23N5O4/c1-12(2)24-17(20-22(3)19(24)26)13-6-4-8-23(11-13)18(25)14-10-16(28-21-14)15-7-5-9-27-15/h5,7,9-10,12-13H,4,6,8,11H2,1-3H3. The fraction of sp³-hybridized carbons (Fsp3) is 0.474. The minimum Gasteiger partial charge on any atom is -0.461 e. The van der Waals surface area contributed by atoms with Gasteiger partial charge in [-0.15, -0.1) is 0 Å². The van der Waals surface area contributed by atoms with Crippen molar-refractivity contribution >= 4 is 5.91 Å². The van der Waals surface area contributed by atoms with Crippen LogP contribution in [0.2, 0.25) is 0 Å². The van der Waals surface area contributed by atoms with E-state index >= 15 is 0 Å². The lowest BCUT2D eigenvalue weighted by Crippen LogP contribution is -2.40. The van der Waals surface area contributed by atoms with Crippen LogP contribution in [0.15, 0.2) is 38.2 Å². The molecule has 1 unspecified atom stereocenters. The molecule has 0 spiro atoms. The highest BCUT2D eigenvalue weighted by Gasteiger charge is 2.31. The summed E-state index contributed by atoms with van der Waals surface area (Å²) in [7, 11) is 1.65. The van der Waals surface area contributed by atoms with Gasteiger partial charge in [-0.3, -0.25) is 9.36 Å². The van der Waals surface area contributed by atoms with Gasteiger partial charge in [0.25, 0.3) is 5.91 Å². The Kier molecular flexibility index (Phi) is 4.66. The van der Waals surface area contributed by atoms with Crippen molar-refractivity contribution in [2.75, 3.05) is 13.1 Å². The van der Waals surface area contributed by atoms with E-state index in [0.717, 1.165) is 18.7 Å². The zero-order valence-corrected chi connectivity index (χ0v) is 16.2. The predicted octanol–water partition coefficient (Wildman–Crippen LogP) is 2.43. The average Bonchev–Trinajstić information content (AvgIpc) is 3.42. The second-order valence-corrected chi connectivity index (χ2v) is 7.37. The normalized spacial score (nSPS) is 17.4. The van der Waals surface area contributed by atoms with Crippen molar-refractivity contribution in [3.63, 3.8) is 0 Å². The van der Waals surface area contributed by atoms with E-state index in [1.165, 1.54) is 10.9 Å². The zero-order valence-electron chi connectivity index (χ0n) is 16.2. The van der Waals surface area contributed by atoms with Crippen molar-refractivity contribution in [1.82, 2.24) is 24.4 Å². The fourth-order valence-electron chi connectivity index (χ4n) is 3.71. The molecule has 0 N–H and O–H groups in total. The molecule has 3 aromatic rings. The van der Waals surface area contributed by atoms with E-state index in [0.29, 0.717) is 24.6 Å². The van der Waals surface area contributed by atoms with E-state index in [1.807, 2.05) is 13.8 Å². The number of hydrogen-bond acceptors (Lipinski definition) is 6. The molecule has 9 heteroatoms. The number of carbonyl (C=O) groups excluding carboxylic acids is 1. The molecule has 0 saturated carbocycles. The average molecular weight is 385 g/mol. The summed E-state index contributed by atoms with van der Waals surface area (Å²) in [6.45, 7) is 5.05. The topological polar surface area (TPSA) is 99.3 Å². The zero-order chi connectivity index (χ0) is 19.8. The molecule has 1 amide bonds. The summed E-state index contributed by atoms with van der Waals surface area (Å²) >= 11 is 0. The molecule has 1 fully saturated rings. The van der Waals surface area contributed by atoms with Gasteiger partial charge in [-0.05, 0) is 38.8 Å². The van der Waals surface area contributed by atoms with Crippen molar-refractivity contribution in [3.05, 3.63) is 46.5 Å². The molecular formula is C19H23N5O4. The molecule has 4 heterocycles.